The zero-order chi connectivity index (χ0) is 38.7. The molecule has 6 rings (SSSR count). The van der Waals surface area contributed by atoms with Crippen molar-refractivity contribution >= 4 is 32.9 Å². The lowest BCUT2D eigenvalue weighted by atomic mass is 10.2. The SMILES string of the molecule is COc1nc2[nH]c(=O)ccc2c(=O)n1-c1ccc(OCC(F)(F)F)cc1.CS(=O)c1nc2[nH]c(=O)ccc2c(=O)n1-c1ccc(OCC(F)(F)F)cc1. The van der Waals surface area contributed by atoms with Crippen molar-refractivity contribution < 1.29 is 44.8 Å². The summed E-state index contributed by atoms with van der Waals surface area (Å²) in [5.74, 6) is -0.0439. The van der Waals surface area contributed by atoms with E-state index in [1.165, 1.54) is 80.1 Å². The Balaban J connectivity index is 0.000000204. The largest absolute Gasteiger partial charge is 0.484 e. The van der Waals surface area contributed by atoms with E-state index in [4.69, 9.17) is 4.74 Å². The van der Waals surface area contributed by atoms with Gasteiger partial charge in [-0.05, 0) is 60.7 Å². The third kappa shape index (κ3) is 9.16. The Labute approximate surface area is 293 Å². The van der Waals surface area contributed by atoms with Gasteiger partial charge in [-0.2, -0.15) is 31.3 Å². The number of hydrogen-bond acceptors (Lipinski definition) is 10. The van der Waals surface area contributed by atoms with E-state index in [9.17, 15) is 49.7 Å². The van der Waals surface area contributed by atoms with Gasteiger partial charge < -0.3 is 24.2 Å². The standard InChI is InChI=1S/C16H12F3N3O4S.C16H12F3N3O4/c1-27(25)15-21-13-11(6-7-12(23)20-13)14(24)22(15)9-2-4-10(5-3-9)26-8-16(17,18)19;1-25-15-21-13-11(6-7-12(23)20-13)14(24)22(15)9-2-4-10(5-3-9)26-8-16(17,18)19/h2-7H,8H2,1H3,(H,20,23);2-7H,8H2,1H3,(H,20,23). The van der Waals surface area contributed by atoms with Crippen molar-refractivity contribution in [2.45, 2.75) is 17.5 Å². The van der Waals surface area contributed by atoms with Gasteiger partial charge in [-0.1, -0.05) is 0 Å². The van der Waals surface area contributed by atoms with Crippen LogP contribution in [-0.4, -0.2) is 72.2 Å². The van der Waals surface area contributed by atoms with Gasteiger partial charge in [0.25, 0.3) is 11.1 Å². The van der Waals surface area contributed by atoms with Crippen LogP contribution in [0.5, 0.6) is 17.5 Å². The van der Waals surface area contributed by atoms with Gasteiger partial charge in [0.05, 0.1) is 40.1 Å². The van der Waals surface area contributed by atoms with E-state index in [0.717, 1.165) is 15.2 Å². The molecule has 0 fully saturated rings. The summed E-state index contributed by atoms with van der Waals surface area (Å²) in [6.07, 6.45) is -7.61. The zero-order valence-corrected chi connectivity index (χ0v) is 27.9. The van der Waals surface area contributed by atoms with Crippen LogP contribution in [-0.2, 0) is 10.8 Å². The highest BCUT2D eigenvalue weighted by atomic mass is 32.2. The predicted octanol–water partition coefficient (Wildman–Crippen LogP) is 3.78. The minimum atomic E-state index is -4.47. The van der Waals surface area contributed by atoms with Gasteiger partial charge >= 0.3 is 18.4 Å². The molecular formula is C32H24F6N6O8S. The molecule has 4 aromatic heterocycles. The van der Waals surface area contributed by atoms with Crippen LogP contribution in [0.3, 0.4) is 0 Å². The molecule has 0 radical (unpaired) electrons. The Hall–Kier alpha value is -6.25. The first-order chi connectivity index (χ1) is 24.9. The van der Waals surface area contributed by atoms with E-state index < -0.39 is 58.6 Å². The van der Waals surface area contributed by atoms with Crippen molar-refractivity contribution in [1.29, 1.82) is 0 Å². The number of pyridine rings is 2. The van der Waals surface area contributed by atoms with Gasteiger partial charge in [-0.3, -0.25) is 28.0 Å². The van der Waals surface area contributed by atoms with Crippen LogP contribution in [0.4, 0.5) is 26.3 Å². The van der Waals surface area contributed by atoms with Crippen LogP contribution in [0.25, 0.3) is 33.4 Å². The molecule has 1 unspecified atom stereocenters. The van der Waals surface area contributed by atoms with Crippen molar-refractivity contribution in [2.24, 2.45) is 0 Å². The summed E-state index contributed by atoms with van der Waals surface area (Å²) < 4.78 is 102. The maximum atomic E-state index is 12.8. The third-order valence-electron chi connectivity index (χ3n) is 6.90. The smallest absolute Gasteiger partial charge is 0.422 e. The molecule has 4 heterocycles. The summed E-state index contributed by atoms with van der Waals surface area (Å²) in [4.78, 5) is 61.3. The highest BCUT2D eigenvalue weighted by molar-refractivity contribution is 7.84. The number of methoxy groups -OCH3 is 1. The lowest BCUT2D eigenvalue weighted by molar-refractivity contribution is -0.154. The van der Waals surface area contributed by atoms with Gasteiger partial charge in [0.1, 0.15) is 17.1 Å². The fourth-order valence-corrected chi connectivity index (χ4v) is 5.32. The quantitative estimate of drug-likeness (QED) is 0.171. The van der Waals surface area contributed by atoms with Crippen LogP contribution in [0, 0.1) is 0 Å². The van der Waals surface area contributed by atoms with E-state index in [1.807, 2.05) is 0 Å². The molecule has 0 saturated heterocycles. The summed E-state index contributed by atoms with van der Waals surface area (Å²) >= 11 is 0. The van der Waals surface area contributed by atoms with Crippen molar-refractivity contribution in [3.05, 3.63) is 114 Å². The highest BCUT2D eigenvalue weighted by Crippen LogP contribution is 2.23. The Bertz CT molecular complexity index is 2550. The fraction of sp³-hybridized carbons (Fsp3) is 0.188. The molecule has 6 aromatic rings. The third-order valence-corrected chi connectivity index (χ3v) is 7.68. The summed E-state index contributed by atoms with van der Waals surface area (Å²) in [5.41, 5.74) is -1.35. The molecule has 1 atom stereocenters. The summed E-state index contributed by atoms with van der Waals surface area (Å²) in [6, 6.07) is 15.5. The summed E-state index contributed by atoms with van der Waals surface area (Å²) in [5, 5.41) is 0.141. The number of aromatic amines is 2. The minimum Gasteiger partial charge on any atom is -0.484 e. The first-order valence-electron chi connectivity index (χ1n) is 14.7. The highest BCUT2D eigenvalue weighted by Gasteiger charge is 2.29. The lowest BCUT2D eigenvalue weighted by Crippen LogP contribution is -2.25. The van der Waals surface area contributed by atoms with E-state index >= 15 is 0 Å². The Morgan fingerprint density at radius 3 is 1.47 bits per heavy atom. The monoisotopic (exact) mass is 766 g/mol. The number of fused-ring (bicyclic) bond motifs is 2. The van der Waals surface area contributed by atoms with E-state index in [2.05, 4.69) is 29.4 Å². The molecule has 2 N–H and O–H groups in total. The van der Waals surface area contributed by atoms with Gasteiger partial charge in [-0.25, -0.2) is 9.55 Å². The van der Waals surface area contributed by atoms with E-state index in [-0.39, 0.29) is 50.4 Å². The molecule has 0 aliphatic carbocycles. The molecule has 21 heteroatoms. The molecule has 0 aliphatic heterocycles. The maximum Gasteiger partial charge on any atom is 0.422 e. The van der Waals surface area contributed by atoms with Crippen molar-refractivity contribution in [3.63, 3.8) is 0 Å². The van der Waals surface area contributed by atoms with Gasteiger partial charge in [0.15, 0.2) is 18.9 Å². The molecule has 0 amide bonds. The molecule has 53 heavy (non-hydrogen) atoms. The second-order valence-corrected chi connectivity index (χ2v) is 12.0. The van der Waals surface area contributed by atoms with Gasteiger partial charge in [0, 0.05) is 18.4 Å². The molecule has 0 saturated carbocycles. The number of alkyl halides is 6. The number of benzene rings is 2. The van der Waals surface area contributed by atoms with Crippen molar-refractivity contribution in [3.8, 4) is 28.9 Å². The Kier molecular flexibility index (Phi) is 10.9. The molecule has 0 bridgehead atoms. The Morgan fingerprint density at radius 2 is 1.06 bits per heavy atom. The van der Waals surface area contributed by atoms with Gasteiger partial charge in [0.2, 0.25) is 16.3 Å². The first kappa shape index (κ1) is 38.0. The number of nitrogens with one attached hydrogen (secondary N) is 2. The van der Waals surface area contributed by atoms with Crippen LogP contribution in [0.1, 0.15) is 0 Å². The second-order valence-electron chi connectivity index (χ2n) is 10.7. The van der Waals surface area contributed by atoms with Crippen LogP contribution >= 0.6 is 0 Å². The number of rotatable bonds is 8. The minimum absolute atomic E-state index is 0.000851. The van der Waals surface area contributed by atoms with E-state index in [1.54, 1.807) is 0 Å². The lowest BCUT2D eigenvalue weighted by Gasteiger charge is -2.13. The molecule has 14 nitrogen and oxygen atoms in total. The number of halogens is 6. The average molecular weight is 767 g/mol. The number of H-pyrrole nitrogens is 2. The molecular weight excluding hydrogens is 742 g/mol. The molecule has 0 spiro atoms. The Morgan fingerprint density at radius 1 is 0.642 bits per heavy atom. The number of nitrogens with zero attached hydrogens (tertiary/aromatic N) is 4. The fourth-order valence-electron chi connectivity index (χ4n) is 4.65. The second kappa shape index (κ2) is 15.2. The molecule has 278 valence electrons. The summed E-state index contributed by atoms with van der Waals surface area (Å²) in [7, 11) is -0.387. The predicted molar refractivity (Wildman–Crippen MR) is 178 cm³/mol. The van der Waals surface area contributed by atoms with E-state index in [0.29, 0.717) is 5.69 Å². The van der Waals surface area contributed by atoms with Crippen molar-refractivity contribution in [1.82, 2.24) is 29.1 Å². The van der Waals surface area contributed by atoms with Crippen LogP contribution in [0.15, 0.2) is 97.1 Å². The summed E-state index contributed by atoms with van der Waals surface area (Å²) in [6.45, 7) is -2.86. The average Bonchev–Trinajstić information content (AvgIpc) is 3.09. The number of ether oxygens (including phenoxy) is 3. The number of aromatic nitrogens is 6. The first-order valence-corrected chi connectivity index (χ1v) is 16.3. The van der Waals surface area contributed by atoms with Crippen LogP contribution in [0.2, 0.25) is 0 Å². The topological polar surface area (TPSA) is 180 Å². The van der Waals surface area contributed by atoms with Crippen molar-refractivity contribution in [2.75, 3.05) is 26.6 Å². The normalized spacial score (nSPS) is 12.2. The zero-order valence-electron chi connectivity index (χ0n) is 27.1. The van der Waals surface area contributed by atoms with Gasteiger partial charge in [-0.15, -0.1) is 0 Å². The molecule has 2 aromatic carbocycles. The molecule has 0 aliphatic rings. The van der Waals surface area contributed by atoms with Crippen LogP contribution < -0.4 is 36.4 Å². The number of hydrogen-bond donors (Lipinski definition) is 2. The maximum absolute atomic E-state index is 12.8.